The topological polar surface area (TPSA) is 95.9 Å². The summed E-state index contributed by atoms with van der Waals surface area (Å²) in [6.07, 6.45) is 4.44. The predicted octanol–water partition coefficient (Wildman–Crippen LogP) is 5.83. The van der Waals surface area contributed by atoms with E-state index in [4.69, 9.17) is 4.74 Å². The maximum absolute atomic E-state index is 13.5. The first-order valence-electron chi connectivity index (χ1n) is 14.3. The molecule has 1 spiro atoms. The van der Waals surface area contributed by atoms with Crippen LogP contribution in [0.4, 0.5) is 4.79 Å². The summed E-state index contributed by atoms with van der Waals surface area (Å²) in [6.45, 7) is 3.15. The summed E-state index contributed by atoms with van der Waals surface area (Å²) >= 11 is 0. The van der Waals surface area contributed by atoms with Crippen LogP contribution in [0, 0.1) is 0 Å². The second-order valence-corrected chi connectivity index (χ2v) is 10.7. The standard InChI is InChI=1S/C34H36N2O5/c1-2-41-32(38)27-16-7-6-14-25(27)28-23-34(29-17-9-8-15-26(28)29)19-21-36(22-20-34)31(37)30(35-33(39)40)18-10-13-24-11-4-3-5-12-24/h3-9,11-12,14-17,23,30,35H,2,10,13,18-22H2,1H3,(H,39,40). The summed E-state index contributed by atoms with van der Waals surface area (Å²) in [5, 5.41) is 11.9. The molecular weight excluding hydrogens is 516 g/mol. The highest BCUT2D eigenvalue weighted by molar-refractivity contribution is 6.00. The number of benzene rings is 3. The number of ether oxygens (including phenoxy) is 1. The molecule has 1 unspecified atom stereocenters. The molecule has 1 heterocycles. The van der Waals surface area contributed by atoms with E-state index in [0.717, 1.165) is 23.1 Å². The first-order valence-corrected chi connectivity index (χ1v) is 14.3. The Labute approximate surface area is 240 Å². The minimum Gasteiger partial charge on any atom is -0.465 e. The monoisotopic (exact) mass is 552 g/mol. The molecule has 0 aromatic heterocycles. The molecule has 7 nitrogen and oxygen atoms in total. The van der Waals surface area contributed by atoms with Crippen LogP contribution in [0.2, 0.25) is 0 Å². The van der Waals surface area contributed by atoms with Crippen molar-refractivity contribution in [2.24, 2.45) is 0 Å². The second-order valence-electron chi connectivity index (χ2n) is 10.7. The van der Waals surface area contributed by atoms with Gasteiger partial charge in [-0.1, -0.05) is 78.9 Å². The molecular formula is C34H36N2O5. The minimum atomic E-state index is -1.19. The number of rotatable bonds is 9. The lowest BCUT2D eigenvalue weighted by Gasteiger charge is -2.40. The number of amides is 2. The van der Waals surface area contributed by atoms with E-state index in [2.05, 4.69) is 23.5 Å². The number of hydrogen-bond acceptors (Lipinski definition) is 4. The van der Waals surface area contributed by atoms with Gasteiger partial charge in [-0.2, -0.15) is 0 Å². The van der Waals surface area contributed by atoms with Crippen LogP contribution in [0.15, 0.2) is 84.9 Å². The Hall–Kier alpha value is -4.39. The van der Waals surface area contributed by atoms with Crippen molar-refractivity contribution in [2.45, 2.75) is 50.5 Å². The second kappa shape index (κ2) is 12.4. The number of carboxylic acid groups (broad SMARTS) is 1. The molecule has 1 saturated heterocycles. The fraction of sp³-hybridized carbons (Fsp3) is 0.324. The van der Waals surface area contributed by atoms with Gasteiger partial charge in [0.2, 0.25) is 5.91 Å². The molecule has 1 aliphatic heterocycles. The van der Waals surface area contributed by atoms with Crippen molar-refractivity contribution in [1.29, 1.82) is 0 Å². The molecule has 0 bridgehead atoms. The Balaban J connectivity index is 1.34. The molecule has 5 rings (SSSR count). The van der Waals surface area contributed by atoms with Gasteiger partial charge in [0.1, 0.15) is 6.04 Å². The fourth-order valence-corrected chi connectivity index (χ4v) is 6.23. The van der Waals surface area contributed by atoms with Crippen LogP contribution < -0.4 is 5.32 Å². The molecule has 3 aromatic carbocycles. The number of fused-ring (bicyclic) bond motifs is 2. The fourth-order valence-electron chi connectivity index (χ4n) is 6.23. The summed E-state index contributed by atoms with van der Waals surface area (Å²) in [5.41, 5.74) is 5.58. The number of carbonyl (C=O) groups excluding carboxylic acids is 2. The van der Waals surface area contributed by atoms with Crippen molar-refractivity contribution < 1.29 is 24.2 Å². The summed E-state index contributed by atoms with van der Waals surface area (Å²) in [7, 11) is 0. The average molecular weight is 553 g/mol. The predicted molar refractivity (Wildman–Crippen MR) is 158 cm³/mol. The maximum Gasteiger partial charge on any atom is 0.405 e. The molecule has 41 heavy (non-hydrogen) atoms. The number of carbonyl (C=O) groups is 3. The van der Waals surface area contributed by atoms with Crippen molar-refractivity contribution in [3.05, 3.63) is 113 Å². The van der Waals surface area contributed by atoms with Crippen LogP contribution in [0.3, 0.4) is 0 Å². The number of aryl methyl sites for hydroxylation is 1. The van der Waals surface area contributed by atoms with Gasteiger partial charge in [-0.25, -0.2) is 9.59 Å². The molecule has 0 saturated carbocycles. The van der Waals surface area contributed by atoms with Crippen molar-refractivity contribution in [3.8, 4) is 0 Å². The maximum atomic E-state index is 13.5. The molecule has 1 fully saturated rings. The van der Waals surface area contributed by atoms with Gasteiger partial charge in [-0.15, -0.1) is 0 Å². The van der Waals surface area contributed by atoms with Gasteiger partial charge in [0.25, 0.3) is 0 Å². The zero-order valence-corrected chi connectivity index (χ0v) is 23.3. The number of hydrogen-bond donors (Lipinski definition) is 2. The van der Waals surface area contributed by atoms with Gasteiger partial charge in [0.05, 0.1) is 12.2 Å². The van der Waals surface area contributed by atoms with Crippen molar-refractivity contribution >= 4 is 23.5 Å². The summed E-state index contributed by atoms with van der Waals surface area (Å²) < 4.78 is 5.34. The Morgan fingerprint density at radius 1 is 0.927 bits per heavy atom. The van der Waals surface area contributed by atoms with Crippen LogP contribution in [0.1, 0.15) is 65.2 Å². The van der Waals surface area contributed by atoms with Crippen LogP contribution >= 0.6 is 0 Å². The zero-order chi connectivity index (χ0) is 28.8. The SMILES string of the molecule is CCOC(=O)c1ccccc1C1=CC2(CCN(C(=O)C(CCCc3ccccc3)NC(=O)O)CC2)c2ccccc21. The van der Waals surface area contributed by atoms with Crippen molar-refractivity contribution in [2.75, 3.05) is 19.7 Å². The number of nitrogens with zero attached hydrogens (tertiary/aromatic N) is 1. The van der Waals surface area contributed by atoms with E-state index in [9.17, 15) is 19.5 Å². The number of piperidine rings is 1. The van der Waals surface area contributed by atoms with E-state index in [-0.39, 0.29) is 17.3 Å². The smallest absolute Gasteiger partial charge is 0.405 e. The van der Waals surface area contributed by atoms with Crippen molar-refractivity contribution in [3.63, 3.8) is 0 Å². The highest BCUT2D eigenvalue weighted by Gasteiger charge is 2.43. The summed E-state index contributed by atoms with van der Waals surface area (Å²) in [6, 6.07) is 25.0. The Morgan fingerprint density at radius 2 is 1.59 bits per heavy atom. The van der Waals surface area contributed by atoms with Crippen molar-refractivity contribution in [1.82, 2.24) is 10.2 Å². The third-order valence-electron chi connectivity index (χ3n) is 8.25. The normalized spacial score (nSPS) is 16.0. The quantitative estimate of drug-likeness (QED) is 0.326. The zero-order valence-electron chi connectivity index (χ0n) is 23.3. The van der Waals surface area contributed by atoms with E-state index >= 15 is 0 Å². The van der Waals surface area contributed by atoms with E-state index in [1.165, 1.54) is 11.1 Å². The molecule has 0 radical (unpaired) electrons. The van der Waals surface area contributed by atoms with Gasteiger partial charge in [-0.05, 0) is 72.9 Å². The van der Waals surface area contributed by atoms with Crippen LogP contribution in [-0.4, -0.2) is 53.7 Å². The van der Waals surface area contributed by atoms with E-state index in [1.807, 2.05) is 60.7 Å². The third kappa shape index (κ3) is 6.04. The van der Waals surface area contributed by atoms with E-state index < -0.39 is 12.1 Å². The van der Waals surface area contributed by atoms with Gasteiger partial charge in [0, 0.05) is 18.5 Å². The van der Waals surface area contributed by atoms with Crippen LogP contribution in [0.25, 0.3) is 5.57 Å². The van der Waals surface area contributed by atoms with Gasteiger partial charge >= 0.3 is 12.1 Å². The van der Waals surface area contributed by atoms with E-state index in [1.54, 1.807) is 17.9 Å². The Morgan fingerprint density at radius 3 is 2.29 bits per heavy atom. The summed E-state index contributed by atoms with van der Waals surface area (Å²) in [4.78, 5) is 39.6. The van der Waals surface area contributed by atoms with Gasteiger partial charge in [-0.3, -0.25) is 4.79 Å². The summed E-state index contributed by atoms with van der Waals surface area (Å²) in [5.74, 6) is -0.509. The number of allylic oxidation sites excluding steroid dienone is 1. The molecule has 2 amide bonds. The lowest BCUT2D eigenvalue weighted by Crippen LogP contribution is -2.52. The molecule has 212 valence electrons. The number of likely N-dealkylation sites (tertiary alicyclic amines) is 1. The largest absolute Gasteiger partial charge is 0.465 e. The molecule has 2 N–H and O–H groups in total. The molecule has 7 heteroatoms. The highest BCUT2D eigenvalue weighted by atomic mass is 16.5. The highest BCUT2D eigenvalue weighted by Crippen LogP contribution is 2.49. The molecule has 1 atom stereocenters. The van der Waals surface area contributed by atoms with Crippen LogP contribution in [0.5, 0.6) is 0 Å². The van der Waals surface area contributed by atoms with Gasteiger partial charge < -0.3 is 20.1 Å². The lowest BCUT2D eigenvalue weighted by molar-refractivity contribution is -0.135. The lowest BCUT2D eigenvalue weighted by atomic mass is 9.74. The van der Waals surface area contributed by atoms with E-state index in [0.29, 0.717) is 50.9 Å². The first kappa shape index (κ1) is 28.1. The average Bonchev–Trinajstić information content (AvgIpc) is 3.31. The third-order valence-corrected chi connectivity index (χ3v) is 8.25. The Bertz CT molecular complexity index is 1440. The number of nitrogens with one attached hydrogen (secondary N) is 1. The van der Waals surface area contributed by atoms with Crippen LogP contribution in [-0.2, 0) is 21.4 Å². The molecule has 3 aromatic rings. The van der Waals surface area contributed by atoms with Gasteiger partial charge in [0.15, 0.2) is 0 Å². The minimum absolute atomic E-state index is 0.168. The Kier molecular flexibility index (Phi) is 8.53. The molecule has 2 aliphatic rings. The first-order chi connectivity index (χ1) is 19.9. The number of esters is 1. The molecule has 1 aliphatic carbocycles.